The van der Waals surface area contributed by atoms with Crippen LogP contribution in [0.15, 0.2) is 34.4 Å². The highest BCUT2D eigenvalue weighted by Gasteiger charge is 2.22. The summed E-state index contributed by atoms with van der Waals surface area (Å²) in [4.78, 5) is 27.1. The van der Waals surface area contributed by atoms with Crippen LogP contribution >= 0.6 is 11.3 Å². The minimum Gasteiger partial charge on any atom is -0.363 e. The standard InChI is InChI=1S/C15H19N3O3S/c1-3-11(2)18(15(20)9-12-5-4-8-22-12)10-14(19)16-13-6-7-21-17-13/h4-8,11H,3,9-10H2,1-2H3,(H,16,17,19). The Morgan fingerprint density at radius 3 is 2.86 bits per heavy atom. The zero-order chi connectivity index (χ0) is 15.9. The van der Waals surface area contributed by atoms with E-state index in [1.165, 1.54) is 6.26 Å². The summed E-state index contributed by atoms with van der Waals surface area (Å²) in [6, 6.07) is 5.39. The van der Waals surface area contributed by atoms with E-state index in [9.17, 15) is 9.59 Å². The number of anilines is 1. The van der Waals surface area contributed by atoms with Crippen LogP contribution < -0.4 is 5.32 Å². The molecule has 2 heterocycles. The maximum Gasteiger partial charge on any atom is 0.245 e. The molecule has 2 amide bonds. The number of nitrogens with one attached hydrogen (secondary N) is 1. The second-order valence-electron chi connectivity index (χ2n) is 4.97. The van der Waals surface area contributed by atoms with Crippen LogP contribution in [0.25, 0.3) is 0 Å². The summed E-state index contributed by atoms with van der Waals surface area (Å²) < 4.78 is 4.66. The largest absolute Gasteiger partial charge is 0.363 e. The molecule has 0 aliphatic carbocycles. The number of rotatable bonds is 7. The van der Waals surface area contributed by atoms with Crippen molar-refractivity contribution in [2.45, 2.75) is 32.7 Å². The zero-order valence-corrected chi connectivity index (χ0v) is 13.4. The summed E-state index contributed by atoms with van der Waals surface area (Å²) in [6.07, 6.45) is 2.48. The smallest absolute Gasteiger partial charge is 0.245 e. The number of hydrogen-bond acceptors (Lipinski definition) is 5. The average Bonchev–Trinajstić information content (AvgIpc) is 3.17. The quantitative estimate of drug-likeness (QED) is 0.850. The molecule has 0 aromatic carbocycles. The van der Waals surface area contributed by atoms with Crippen LogP contribution in [0.3, 0.4) is 0 Å². The Kier molecular flexibility index (Phi) is 5.71. The maximum atomic E-state index is 12.5. The van der Waals surface area contributed by atoms with Gasteiger partial charge in [-0.1, -0.05) is 18.1 Å². The highest BCUT2D eigenvalue weighted by atomic mass is 32.1. The Balaban J connectivity index is 1.99. The van der Waals surface area contributed by atoms with Gasteiger partial charge in [0.05, 0.1) is 6.42 Å². The highest BCUT2D eigenvalue weighted by molar-refractivity contribution is 7.10. The van der Waals surface area contributed by atoms with Crippen molar-refractivity contribution in [3.63, 3.8) is 0 Å². The van der Waals surface area contributed by atoms with Gasteiger partial charge in [-0.15, -0.1) is 11.3 Å². The number of carbonyl (C=O) groups excluding carboxylic acids is 2. The van der Waals surface area contributed by atoms with Gasteiger partial charge in [-0.25, -0.2) is 0 Å². The fourth-order valence-corrected chi connectivity index (χ4v) is 2.68. The van der Waals surface area contributed by atoms with Crippen LogP contribution in [0.1, 0.15) is 25.1 Å². The van der Waals surface area contributed by atoms with Crippen molar-refractivity contribution in [2.75, 3.05) is 11.9 Å². The van der Waals surface area contributed by atoms with Crippen LogP contribution in [-0.2, 0) is 16.0 Å². The Hall–Kier alpha value is -2.15. The lowest BCUT2D eigenvalue weighted by Gasteiger charge is -2.27. The van der Waals surface area contributed by atoms with Gasteiger partial charge in [-0.3, -0.25) is 9.59 Å². The summed E-state index contributed by atoms with van der Waals surface area (Å²) >= 11 is 1.54. The van der Waals surface area contributed by atoms with Crippen LogP contribution in [-0.4, -0.2) is 34.5 Å². The molecule has 0 saturated heterocycles. The predicted molar refractivity (Wildman–Crippen MR) is 84.6 cm³/mol. The van der Waals surface area contributed by atoms with E-state index in [4.69, 9.17) is 0 Å². The summed E-state index contributed by atoms with van der Waals surface area (Å²) in [5.74, 6) is 0.0145. The molecule has 0 spiro atoms. The van der Waals surface area contributed by atoms with Crippen LogP contribution in [0.4, 0.5) is 5.82 Å². The van der Waals surface area contributed by atoms with Crippen molar-refractivity contribution in [1.29, 1.82) is 0 Å². The minimum absolute atomic E-state index is 0.00415. The number of thiophene rings is 1. The van der Waals surface area contributed by atoms with Gasteiger partial charge in [-0.2, -0.15) is 0 Å². The summed E-state index contributed by atoms with van der Waals surface area (Å²) in [7, 11) is 0. The van der Waals surface area contributed by atoms with Gasteiger partial charge < -0.3 is 14.7 Å². The van der Waals surface area contributed by atoms with Crippen LogP contribution in [0, 0.1) is 0 Å². The zero-order valence-electron chi connectivity index (χ0n) is 12.6. The average molecular weight is 321 g/mol. The molecule has 0 radical (unpaired) electrons. The molecule has 1 N–H and O–H groups in total. The van der Waals surface area contributed by atoms with E-state index in [1.807, 2.05) is 31.4 Å². The predicted octanol–water partition coefficient (Wildman–Crippen LogP) is 2.54. The molecule has 2 rings (SSSR count). The van der Waals surface area contributed by atoms with E-state index in [2.05, 4.69) is 15.0 Å². The second-order valence-corrected chi connectivity index (χ2v) is 6.00. The molecule has 118 valence electrons. The lowest BCUT2D eigenvalue weighted by molar-refractivity contribution is -0.136. The SMILES string of the molecule is CCC(C)N(CC(=O)Nc1ccon1)C(=O)Cc1cccs1. The molecule has 22 heavy (non-hydrogen) atoms. The van der Waals surface area contributed by atoms with E-state index in [0.29, 0.717) is 12.2 Å². The van der Waals surface area contributed by atoms with E-state index in [1.54, 1.807) is 22.3 Å². The number of aromatic nitrogens is 1. The van der Waals surface area contributed by atoms with Gasteiger partial charge in [0, 0.05) is 17.0 Å². The van der Waals surface area contributed by atoms with Gasteiger partial charge in [0.25, 0.3) is 0 Å². The van der Waals surface area contributed by atoms with E-state index < -0.39 is 0 Å². The Morgan fingerprint density at radius 1 is 1.45 bits per heavy atom. The maximum absolute atomic E-state index is 12.5. The van der Waals surface area contributed by atoms with Crippen molar-refractivity contribution in [1.82, 2.24) is 10.1 Å². The van der Waals surface area contributed by atoms with Crippen molar-refractivity contribution in [3.05, 3.63) is 34.7 Å². The molecule has 2 aromatic heterocycles. The normalized spacial score (nSPS) is 11.9. The second kappa shape index (κ2) is 7.74. The molecule has 0 aliphatic heterocycles. The lowest BCUT2D eigenvalue weighted by Crippen LogP contribution is -2.44. The fourth-order valence-electron chi connectivity index (χ4n) is 1.99. The Bertz CT molecular complexity index is 596. The van der Waals surface area contributed by atoms with Crippen molar-refractivity contribution >= 4 is 29.0 Å². The summed E-state index contributed by atoms with van der Waals surface area (Å²) in [5.41, 5.74) is 0. The molecule has 1 unspecified atom stereocenters. The first-order chi connectivity index (χ1) is 10.6. The molecule has 0 fully saturated rings. The van der Waals surface area contributed by atoms with Gasteiger partial charge in [-0.05, 0) is 24.8 Å². The summed E-state index contributed by atoms with van der Waals surface area (Å²) in [6.45, 7) is 3.94. The van der Waals surface area contributed by atoms with Crippen molar-refractivity contribution in [3.8, 4) is 0 Å². The van der Waals surface area contributed by atoms with Crippen molar-refractivity contribution < 1.29 is 14.1 Å². The Labute approximate surface area is 133 Å². The van der Waals surface area contributed by atoms with Gasteiger partial charge in [0.15, 0.2) is 5.82 Å². The van der Waals surface area contributed by atoms with Crippen molar-refractivity contribution in [2.24, 2.45) is 0 Å². The molecule has 6 nitrogen and oxygen atoms in total. The third-order valence-corrected chi connectivity index (χ3v) is 4.24. The van der Waals surface area contributed by atoms with Crippen LogP contribution in [0.5, 0.6) is 0 Å². The van der Waals surface area contributed by atoms with E-state index >= 15 is 0 Å². The molecule has 0 bridgehead atoms. The minimum atomic E-state index is -0.284. The van der Waals surface area contributed by atoms with E-state index in [-0.39, 0.29) is 24.4 Å². The topological polar surface area (TPSA) is 75.4 Å². The molecule has 2 aromatic rings. The number of carbonyl (C=O) groups is 2. The molecule has 1 atom stereocenters. The fraction of sp³-hybridized carbons (Fsp3) is 0.400. The third-order valence-electron chi connectivity index (χ3n) is 3.37. The molecule has 0 aliphatic rings. The lowest BCUT2D eigenvalue weighted by atomic mass is 10.2. The Morgan fingerprint density at radius 2 is 2.27 bits per heavy atom. The first-order valence-corrected chi connectivity index (χ1v) is 8.00. The molecular formula is C15H19N3O3S. The van der Waals surface area contributed by atoms with Gasteiger partial charge in [0.2, 0.25) is 11.8 Å². The number of hydrogen-bond donors (Lipinski definition) is 1. The number of nitrogens with zero attached hydrogens (tertiary/aromatic N) is 2. The van der Waals surface area contributed by atoms with Gasteiger partial charge >= 0.3 is 0 Å². The van der Waals surface area contributed by atoms with Gasteiger partial charge in [0.1, 0.15) is 12.8 Å². The summed E-state index contributed by atoms with van der Waals surface area (Å²) in [5, 5.41) is 8.17. The molecule has 0 saturated carbocycles. The third kappa shape index (κ3) is 4.42. The van der Waals surface area contributed by atoms with E-state index in [0.717, 1.165) is 11.3 Å². The first kappa shape index (κ1) is 16.2. The van der Waals surface area contributed by atoms with Crippen LogP contribution in [0.2, 0.25) is 0 Å². The molecule has 7 heteroatoms. The first-order valence-electron chi connectivity index (χ1n) is 7.12. The number of amides is 2. The molecular weight excluding hydrogens is 302 g/mol. The monoisotopic (exact) mass is 321 g/mol. The highest BCUT2D eigenvalue weighted by Crippen LogP contribution is 2.13.